The lowest BCUT2D eigenvalue weighted by molar-refractivity contribution is 0.301. The molecule has 19 heavy (non-hydrogen) atoms. The molecule has 0 aliphatic heterocycles. The zero-order chi connectivity index (χ0) is 13.8. The Labute approximate surface area is 121 Å². The van der Waals surface area contributed by atoms with Crippen molar-refractivity contribution in [3.63, 3.8) is 0 Å². The van der Waals surface area contributed by atoms with Crippen LogP contribution in [0.4, 0.5) is 5.82 Å². The van der Waals surface area contributed by atoms with Crippen molar-refractivity contribution in [1.29, 1.82) is 0 Å². The molecule has 0 bridgehead atoms. The highest BCUT2D eigenvalue weighted by molar-refractivity contribution is 9.10. The van der Waals surface area contributed by atoms with Crippen LogP contribution in [-0.2, 0) is 6.61 Å². The number of hydrogen-bond donors (Lipinski definition) is 1. The van der Waals surface area contributed by atoms with Crippen molar-refractivity contribution in [2.75, 3.05) is 5.73 Å². The molecule has 0 amide bonds. The molecule has 1 aromatic carbocycles. The smallest absolute Gasteiger partial charge is 0.123 e. The SMILES string of the molecule is CC(C)c1cc(Br)ccc1OCc1ccc(N)nc1. The molecule has 3 nitrogen and oxygen atoms in total. The fraction of sp³-hybridized carbons (Fsp3) is 0.267. The van der Waals surface area contributed by atoms with E-state index in [2.05, 4.69) is 40.8 Å². The second-order valence-electron chi connectivity index (χ2n) is 4.72. The van der Waals surface area contributed by atoms with Crippen LogP contribution in [0.5, 0.6) is 5.75 Å². The van der Waals surface area contributed by atoms with Crippen LogP contribution in [0.1, 0.15) is 30.9 Å². The van der Waals surface area contributed by atoms with Crippen molar-refractivity contribution in [3.8, 4) is 5.75 Å². The Kier molecular flexibility index (Phi) is 4.43. The Bertz CT molecular complexity index is 553. The van der Waals surface area contributed by atoms with Crippen molar-refractivity contribution in [3.05, 3.63) is 52.1 Å². The molecule has 100 valence electrons. The maximum absolute atomic E-state index is 5.88. The zero-order valence-electron chi connectivity index (χ0n) is 11.1. The van der Waals surface area contributed by atoms with E-state index < -0.39 is 0 Å². The minimum absolute atomic E-state index is 0.414. The van der Waals surface area contributed by atoms with E-state index in [4.69, 9.17) is 10.5 Å². The summed E-state index contributed by atoms with van der Waals surface area (Å²) in [5.41, 5.74) is 7.76. The number of pyridine rings is 1. The highest BCUT2D eigenvalue weighted by Gasteiger charge is 2.08. The number of ether oxygens (including phenoxy) is 1. The van der Waals surface area contributed by atoms with Crippen molar-refractivity contribution >= 4 is 21.7 Å². The molecule has 0 saturated heterocycles. The zero-order valence-corrected chi connectivity index (χ0v) is 12.6. The van der Waals surface area contributed by atoms with Gasteiger partial charge in [-0.1, -0.05) is 35.8 Å². The van der Waals surface area contributed by atoms with E-state index in [1.54, 1.807) is 12.3 Å². The number of nitrogen functional groups attached to an aromatic ring is 1. The van der Waals surface area contributed by atoms with E-state index in [0.717, 1.165) is 15.8 Å². The molecule has 0 atom stereocenters. The maximum atomic E-state index is 5.88. The third-order valence-corrected chi connectivity index (χ3v) is 3.33. The Balaban J connectivity index is 2.13. The first kappa shape index (κ1) is 13.9. The predicted octanol–water partition coefficient (Wildman–Crippen LogP) is 4.13. The quantitative estimate of drug-likeness (QED) is 0.921. The summed E-state index contributed by atoms with van der Waals surface area (Å²) in [5, 5.41) is 0. The van der Waals surface area contributed by atoms with Gasteiger partial charge in [0.15, 0.2) is 0 Å². The lowest BCUT2D eigenvalue weighted by Gasteiger charge is -2.14. The van der Waals surface area contributed by atoms with Gasteiger partial charge in [0.25, 0.3) is 0 Å². The number of benzene rings is 1. The normalized spacial score (nSPS) is 10.7. The Morgan fingerprint density at radius 2 is 2.05 bits per heavy atom. The number of anilines is 1. The third-order valence-electron chi connectivity index (χ3n) is 2.84. The summed E-state index contributed by atoms with van der Waals surface area (Å²) in [6.07, 6.45) is 1.74. The van der Waals surface area contributed by atoms with Crippen LogP contribution in [0.3, 0.4) is 0 Å². The van der Waals surface area contributed by atoms with E-state index in [0.29, 0.717) is 18.3 Å². The van der Waals surface area contributed by atoms with Gasteiger partial charge in [0, 0.05) is 16.2 Å². The average Bonchev–Trinajstić information content (AvgIpc) is 2.39. The molecule has 0 spiro atoms. The lowest BCUT2D eigenvalue weighted by atomic mass is 10.0. The number of nitrogens with two attached hydrogens (primary N) is 1. The van der Waals surface area contributed by atoms with Crippen LogP contribution in [0.15, 0.2) is 41.0 Å². The molecule has 0 fully saturated rings. The summed E-state index contributed by atoms with van der Waals surface area (Å²) < 4.78 is 6.95. The van der Waals surface area contributed by atoms with Crippen molar-refractivity contribution < 1.29 is 4.74 Å². The van der Waals surface area contributed by atoms with E-state index in [1.807, 2.05) is 18.2 Å². The van der Waals surface area contributed by atoms with E-state index in [9.17, 15) is 0 Å². The summed E-state index contributed by atoms with van der Waals surface area (Å²) in [7, 11) is 0. The van der Waals surface area contributed by atoms with Gasteiger partial charge >= 0.3 is 0 Å². The standard InChI is InChI=1S/C15H17BrN2O/c1-10(2)13-7-12(16)4-5-14(13)19-9-11-3-6-15(17)18-8-11/h3-8,10H,9H2,1-2H3,(H2,17,18). The largest absolute Gasteiger partial charge is 0.489 e. The maximum Gasteiger partial charge on any atom is 0.123 e. The van der Waals surface area contributed by atoms with Crippen molar-refractivity contribution in [1.82, 2.24) is 4.98 Å². The second-order valence-corrected chi connectivity index (χ2v) is 5.63. The minimum Gasteiger partial charge on any atom is -0.489 e. The fourth-order valence-corrected chi connectivity index (χ4v) is 2.16. The van der Waals surface area contributed by atoms with Crippen LogP contribution in [0.2, 0.25) is 0 Å². The van der Waals surface area contributed by atoms with Crippen LogP contribution >= 0.6 is 15.9 Å². The summed E-state index contributed by atoms with van der Waals surface area (Å²) in [4.78, 5) is 4.05. The average molecular weight is 321 g/mol. The topological polar surface area (TPSA) is 48.1 Å². The van der Waals surface area contributed by atoms with Crippen LogP contribution in [0, 0.1) is 0 Å². The molecule has 2 N–H and O–H groups in total. The summed E-state index contributed by atoms with van der Waals surface area (Å²) >= 11 is 3.49. The molecule has 0 saturated carbocycles. The van der Waals surface area contributed by atoms with Gasteiger partial charge in [-0.3, -0.25) is 0 Å². The predicted molar refractivity (Wildman–Crippen MR) is 81.2 cm³/mol. The van der Waals surface area contributed by atoms with Gasteiger partial charge in [0.05, 0.1) is 0 Å². The van der Waals surface area contributed by atoms with Crippen LogP contribution in [0.25, 0.3) is 0 Å². The second kappa shape index (κ2) is 6.06. The first-order chi connectivity index (χ1) is 9.06. The van der Waals surface area contributed by atoms with Gasteiger partial charge in [0.2, 0.25) is 0 Å². The molecule has 2 rings (SSSR count). The Morgan fingerprint density at radius 3 is 2.68 bits per heavy atom. The van der Waals surface area contributed by atoms with E-state index in [1.165, 1.54) is 5.56 Å². The van der Waals surface area contributed by atoms with Gasteiger partial charge in [-0.15, -0.1) is 0 Å². The number of nitrogens with zero attached hydrogens (tertiary/aromatic N) is 1. The molecule has 1 heterocycles. The number of halogens is 1. The van der Waals surface area contributed by atoms with Gasteiger partial charge in [-0.05, 0) is 35.7 Å². The number of hydrogen-bond acceptors (Lipinski definition) is 3. The van der Waals surface area contributed by atoms with E-state index in [-0.39, 0.29) is 0 Å². The Hall–Kier alpha value is -1.55. The highest BCUT2D eigenvalue weighted by atomic mass is 79.9. The van der Waals surface area contributed by atoms with Crippen molar-refractivity contribution in [2.45, 2.75) is 26.4 Å². The number of rotatable bonds is 4. The van der Waals surface area contributed by atoms with Gasteiger partial charge in [0.1, 0.15) is 18.2 Å². The first-order valence-corrected chi connectivity index (χ1v) is 6.98. The molecule has 2 aromatic rings. The molecular formula is C15H17BrN2O. The van der Waals surface area contributed by atoms with E-state index >= 15 is 0 Å². The fourth-order valence-electron chi connectivity index (χ4n) is 1.78. The summed E-state index contributed by atoms with van der Waals surface area (Å²) in [6, 6.07) is 9.79. The van der Waals surface area contributed by atoms with Gasteiger partial charge in [-0.2, -0.15) is 0 Å². The lowest BCUT2D eigenvalue weighted by Crippen LogP contribution is -2.01. The van der Waals surface area contributed by atoms with Gasteiger partial charge in [-0.25, -0.2) is 4.98 Å². The summed E-state index contributed by atoms with van der Waals surface area (Å²) in [6.45, 7) is 4.80. The molecule has 1 aromatic heterocycles. The molecule has 0 aliphatic carbocycles. The first-order valence-electron chi connectivity index (χ1n) is 6.19. The van der Waals surface area contributed by atoms with Crippen LogP contribution in [-0.4, -0.2) is 4.98 Å². The molecule has 0 unspecified atom stereocenters. The molecular weight excluding hydrogens is 304 g/mol. The minimum atomic E-state index is 0.414. The molecule has 0 aliphatic rings. The third kappa shape index (κ3) is 3.70. The monoisotopic (exact) mass is 320 g/mol. The molecule has 0 radical (unpaired) electrons. The van der Waals surface area contributed by atoms with Crippen LogP contribution < -0.4 is 10.5 Å². The van der Waals surface area contributed by atoms with Gasteiger partial charge < -0.3 is 10.5 Å². The summed E-state index contributed by atoms with van der Waals surface area (Å²) in [5.74, 6) is 1.85. The molecule has 4 heteroatoms. The number of aromatic nitrogens is 1. The Morgan fingerprint density at radius 1 is 1.26 bits per heavy atom. The highest BCUT2D eigenvalue weighted by Crippen LogP contribution is 2.30. The van der Waals surface area contributed by atoms with Crippen molar-refractivity contribution in [2.24, 2.45) is 0 Å².